The number of hydrogen-bond acceptors (Lipinski definition) is 4. The Kier molecular flexibility index (Phi) is 4.84. The van der Waals surface area contributed by atoms with Crippen LogP contribution in [-0.2, 0) is 18.6 Å². The summed E-state index contributed by atoms with van der Waals surface area (Å²) in [6.07, 6.45) is 0. The smallest absolute Gasteiger partial charge is 0.305 e. The van der Waals surface area contributed by atoms with Gasteiger partial charge in [-0.15, -0.1) is 0 Å². The zero-order valence-corrected chi connectivity index (χ0v) is 8.84. The fraction of sp³-hybridized carbons (Fsp3) is 1.00. The van der Waals surface area contributed by atoms with Crippen molar-refractivity contribution < 1.29 is 18.6 Å². The fourth-order valence-electron chi connectivity index (χ4n) is 0.604. The highest BCUT2D eigenvalue weighted by molar-refractivity contribution is 5.97. The van der Waals surface area contributed by atoms with E-state index in [1.165, 1.54) is 21.3 Å². The third-order valence-electron chi connectivity index (χ3n) is 1.25. The first-order valence-corrected chi connectivity index (χ1v) is 3.70. The number of hydrogen-bond donors (Lipinski definition) is 0. The van der Waals surface area contributed by atoms with E-state index in [9.17, 15) is 0 Å². The van der Waals surface area contributed by atoms with Crippen LogP contribution in [0.25, 0.3) is 0 Å². The molecule has 0 unspecified atom stereocenters. The van der Waals surface area contributed by atoms with Gasteiger partial charge in [0.05, 0.1) is 0 Å². The molecule has 0 spiro atoms. The molecule has 0 N–H and O–H groups in total. The molecule has 0 aromatic carbocycles. The molecule has 0 aliphatic rings. The summed E-state index contributed by atoms with van der Waals surface area (Å²) < 4.78 is 19.7. The quantitative estimate of drug-likeness (QED) is 0.383. The van der Waals surface area contributed by atoms with Crippen LogP contribution in [0.5, 0.6) is 0 Å². The average molecular weight is 166 g/mol. The molecule has 0 aliphatic carbocycles. The van der Waals surface area contributed by atoms with Gasteiger partial charge in [0.1, 0.15) is 17.1 Å². The third-order valence-corrected chi connectivity index (χ3v) is 1.54. The third kappa shape index (κ3) is 2.35. The minimum atomic E-state index is -1.01. The Labute approximate surface area is 63.9 Å². The van der Waals surface area contributed by atoms with E-state index in [1.54, 1.807) is 0 Å². The summed E-state index contributed by atoms with van der Waals surface area (Å²) in [6.45, 7) is 0.308. The Morgan fingerprint density at radius 3 is 1.60 bits per heavy atom. The lowest BCUT2D eigenvalue weighted by Gasteiger charge is -2.27. The molecule has 0 aliphatic heterocycles. The fourth-order valence-corrected chi connectivity index (χ4v) is 0.957. The Bertz CT molecular complexity index is 75.5. The summed E-state index contributed by atoms with van der Waals surface area (Å²) in [7, 11) is 5.17. The summed E-state index contributed by atoms with van der Waals surface area (Å²) >= 11 is 0. The largest absolute Gasteiger partial charge is 0.420 e. The summed E-state index contributed by atoms with van der Waals surface area (Å²) in [4.78, 5) is 0. The van der Waals surface area contributed by atoms with Gasteiger partial charge >= 0.3 is 5.97 Å². The molecular formula is C5H14O4Si. The van der Waals surface area contributed by atoms with Crippen LogP contribution < -0.4 is 0 Å². The van der Waals surface area contributed by atoms with Crippen molar-refractivity contribution in [2.24, 2.45) is 0 Å². The second-order valence-corrected chi connectivity index (χ2v) is 2.31. The highest BCUT2D eigenvalue weighted by atomic mass is 28.2. The molecule has 0 rings (SSSR count). The van der Waals surface area contributed by atoms with Crippen LogP contribution in [0.3, 0.4) is 0 Å². The molecular weight excluding hydrogens is 152 g/mol. The van der Waals surface area contributed by atoms with Crippen LogP contribution in [0.1, 0.15) is 0 Å². The SMILES string of the molecule is COC(CO[SiH3])(OC)OC. The minimum absolute atomic E-state index is 0.308. The first kappa shape index (κ1) is 10.1. The predicted molar refractivity (Wildman–Crippen MR) is 39.6 cm³/mol. The molecule has 0 aromatic heterocycles. The second-order valence-electron chi connectivity index (χ2n) is 1.73. The van der Waals surface area contributed by atoms with E-state index in [0.717, 1.165) is 0 Å². The Morgan fingerprint density at radius 2 is 1.50 bits per heavy atom. The van der Waals surface area contributed by atoms with E-state index < -0.39 is 5.97 Å². The molecule has 62 valence electrons. The standard InChI is InChI=1S/C5H14O4Si/c1-6-5(7-2,8-3)4-9-10/h4H2,1-3,10H3. The van der Waals surface area contributed by atoms with Crippen molar-refractivity contribution >= 4 is 10.5 Å². The Morgan fingerprint density at radius 1 is 1.10 bits per heavy atom. The molecule has 0 amide bonds. The molecule has 5 heteroatoms. The molecule has 0 atom stereocenters. The van der Waals surface area contributed by atoms with Gasteiger partial charge in [-0.3, -0.25) is 0 Å². The van der Waals surface area contributed by atoms with Crippen LogP contribution >= 0.6 is 0 Å². The van der Waals surface area contributed by atoms with Crippen molar-refractivity contribution in [1.29, 1.82) is 0 Å². The average Bonchev–Trinajstić information content (AvgIpc) is 2.01. The zero-order chi connectivity index (χ0) is 8.04. The maximum atomic E-state index is 4.94. The summed E-state index contributed by atoms with van der Waals surface area (Å²) in [5, 5.41) is 0. The summed E-state index contributed by atoms with van der Waals surface area (Å²) in [6, 6.07) is 0. The van der Waals surface area contributed by atoms with Gasteiger partial charge in [0.2, 0.25) is 0 Å². The molecule has 0 radical (unpaired) electrons. The molecule has 0 heterocycles. The maximum Gasteiger partial charge on any atom is 0.305 e. The Balaban J connectivity index is 3.87. The van der Waals surface area contributed by atoms with Crippen molar-refractivity contribution in [2.45, 2.75) is 5.97 Å². The van der Waals surface area contributed by atoms with Crippen LogP contribution in [0.15, 0.2) is 0 Å². The molecule has 0 fully saturated rings. The van der Waals surface area contributed by atoms with Crippen LogP contribution in [0.4, 0.5) is 0 Å². The van der Waals surface area contributed by atoms with E-state index in [0.29, 0.717) is 17.1 Å². The lowest BCUT2D eigenvalue weighted by Crippen LogP contribution is -2.40. The van der Waals surface area contributed by atoms with Crippen molar-refractivity contribution in [3.05, 3.63) is 0 Å². The molecule has 0 aromatic rings. The highest BCUT2D eigenvalue weighted by Crippen LogP contribution is 2.10. The van der Waals surface area contributed by atoms with Gasteiger partial charge in [-0.1, -0.05) is 0 Å². The molecule has 0 bridgehead atoms. The van der Waals surface area contributed by atoms with E-state index in [2.05, 4.69) is 0 Å². The second kappa shape index (κ2) is 4.81. The predicted octanol–water partition coefficient (Wildman–Crippen LogP) is -1.12. The van der Waals surface area contributed by atoms with E-state index in [4.69, 9.17) is 18.6 Å². The first-order valence-electron chi connectivity index (χ1n) is 2.89. The molecule has 4 nitrogen and oxygen atoms in total. The minimum Gasteiger partial charge on any atom is -0.420 e. The van der Waals surface area contributed by atoms with E-state index in [1.807, 2.05) is 0 Å². The van der Waals surface area contributed by atoms with Crippen molar-refractivity contribution in [2.75, 3.05) is 27.9 Å². The van der Waals surface area contributed by atoms with Crippen LogP contribution in [0.2, 0.25) is 0 Å². The van der Waals surface area contributed by atoms with E-state index in [-0.39, 0.29) is 0 Å². The van der Waals surface area contributed by atoms with Gasteiger partial charge in [0.15, 0.2) is 0 Å². The normalized spacial score (nSPS) is 12.3. The Hall–Kier alpha value is 0.0569. The lowest BCUT2D eigenvalue weighted by molar-refractivity contribution is -0.361. The van der Waals surface area contributed by atoms with Crippen molar-refractivity contribution in [1.82, 2.24) is 0 Å². The van der Waals surface area contributed by atoms with Gasteiger partial charge in [-0.05, 0) is 0 Å². The summed E-state index contributed by atoms with van der Waals surface area (Å²) in [5.41, 5.74) is 0. The first-order chi connectivity index (χ1) is 4.74. The number of rotatable bonds is 5. The topological polar surface area (TPSA) is 36.9 Å². The van der Waals surface area contributed by atoms with Crippen molar-refractivity contribution in [3.63, 3.8) is 0 Å². The summed E-state index contributed by atoms with van der Waals surface area (Å²) in [5.74, 6) is -1.01. The van der Waals surface area contributed by atoms with Crippen LogP contribution in [-0.4, -0.2) is 44.4 Å². The van der Waals surface area contributed by atoms with Crippen LogP contribution in [0, 0.1) is 0 Å². The molecule has 0 saturated heterocycles. The maximum absolute atomic E-state index is 4.94. The van der Waals surface area contributed by atoms with Gasteiger partial charge in [0, 0.05) is 21.3 Å². The molecule has 10 heavy (non-hydrogen) atoms. The van der Waals surface area contributed by atoms with Gasteiger partial charge < -0.3 is 18.6 Å². The van der Waals surface area contributed by atoms with Gasteiger partial charge in [0.25, 0.3) is 0 Å². The zero-order valence-electron chi connectivity index (χ0n) is 6.84. The number of methoxy groups -OCH3 is 3. The lowest BCUT2D eigenvalue weighted by atomic mass is 10.6. The van der Waals surface area contributed by atoms with Gasteiger partial charge in [-0.25, -0.2) is 0 Å². The highest BCUT2D eigenvalue weighted by Gasteiger charge is 2.28. The van der Waals surface area contributed by atoms with E-state index >= 15 is 0 Å². The molecule has 0 saturated carbocycles. The van der Waals surface area contributed by atoms with Gasteiger partial charge in [-0.2, -0.15) is 0 Å². The monoisotopic (exact) mass is 166 g/mol. The van der Waals surface area contributed by atoms with Crippen molar-refractivity contribution in [3.8, 4) is 0 Å². The number of ether oxygens (including phenoxy) is 3.